The van der Waals surface area contributed by atoms with Gasteiger partial charge in [0.1, 0.15) is 30.5 Å². The summed E-state index contributed by atoms with van der Waals surface area (Å²) in [7, 11) is 0. The fraction of sp³-hybridized carbons (Fsp3) is 0.872. The highest BCUT2D eigenvalue weighted by Gasteiger charge is 2.44. The molecule has 8 atom stereocenters. The van der Waals surface area contributed by atoms with Crippen LogP contribution in [0.1, 0.15) is 155 Å². The van der Waals surface area contributed by atoms with Crippen LogP contribution in [0.25, 0.3) is 0 Å². The first-order valence-corrected chi connectivity index (χ1v) is 19.7. The molecule has 0 spiro atoms. The summed E-state index contributed by atoms with van der Waals surface area (Å²) in [6.45, 7) is 3.53. The number of aliphatic hydroxyl groups excluding tert-OH is 6. The maximum Gasteiger partial charge on any atom is 0.249 e. The second-order valence-electron chi connectivity index (χ2n) is 13.9. The molecule has 0 aromatic heterocycles. The molecule has 1 fully saturated rings. The van der Waals surface area contributed by atoms with Crippen molar-refractivity contribution in [3.8, 4) is 0 Å². The maximum atomic E-state index is 12.9. The molecule has 288 valence electrons. The zero-order valence-electron chi connectivity index (χ0n) is 30.8. The highest BCUT2D eigenvalue weighted by molar-refractivity contribution is 5.80. The number of hydrogen-bond acceptors (Lipinski definition) is 9. The Labute approximate surface area is 297 Å². The van der Waals surface area contributed by atoms with E-state index in [1.165, 1.54) is 89.9 Å². The van der Waals surface area contributed by atoms with Crippen LogP contribution in [-0.2, 0) is 14.3 Å². The minimum absolute atomic E-state index is 0.306. The van der Waals surface area contributed by atoms with Crippen LogP contribution in [0.4, 0.5) is 0 Å². The Bertz CT molecular complexity index is 839. The van der Waals surface area contributed by atoms with E-state index in [2.05, 4.69) is 31.3 Å². The van der Waals surface area contributed by atoms with Crippen LogP contribution in [0.3, 0.4) is 0 Å². The SMILES string of the molecule is CCCCCCCCC/C=C/CC/C=C/C(O)C(COC1OC(CO)C(O)C(O)C1O)NC(=O)C(O)CCCCCCCCCCCCC. The number of nitrogens with one attached hydrogen (secondary N) is 1. The van der Waals surface area contributed by atoms with E-state index in [0.29, 0.717) is 19.3 Å². The lowest BCUT2D eigenvalue weighted by Crippen LogP contribution is -2.60. The normalized spacial score (nSPS) is 23.3. The number of hydrogen-bond donors (Lipinski definition) is 7. The monoisotopic (exact) mass is 700 g/mol. The van der Waals surface area contributed by atoms with E-state index in [1.807, 2.05) is 6.08 Å². The molecule has 0 aliphatic carbocycles. The third kappa shape index (κ3) is 21.6. The Kier molecular flexibility index (Phi) is 28.2. The van der Waals surface area contributed by atoms with Crippen molar-refractivity contribution in [2.24, 2.45) is 0 Å². The third-order valence-electron chi connectivity index (χ3n) is 9.39. The van der Waals surface area contributed by atoms with Crippen molar-refractivity contribution in [1.82, 2.24) is 5.32 Å². The summed E-state index contributed by atoms with van der Waals surface area (Å²) in [5, 5.41) is 64.2. The van der Waals surface area contributed by atoms with Gasteiger partial charge in [-0.3, -0.25) is 4.79 Å². The van der Waals surface area contributed by atoms with Gasteiger partial charge in [0, 0.05) is 0 Å². The summed E-state index contributed by atoms with van der Waals surface area (Å²) in [4.78, 5) is 12.9. The van der Waals surface area contributed by atoms with Gasteiger partial charge in [0.2, 0.25) is 5.91 Å². The average Bonchev–Trinajstić information content (AvgIpc) is 3.10. The molecule has 7 N–H and O–H groups in total. The van der Waals surface area contributed by atoms with Gasteiger partial charge in [-0.05, 0) is 32.1 Å². The fourth-order valence-electron chi connectivity index (χ4n) is 6.06. The largest absolute Gasteiger partial charge is 0.394 e. The minimum atomic E-state index is -1.61. The molecule has 1 amide bonds. The number of rotatable bonds is 31. The van der Waals surface area contributed by atoms with Gasteiger partial charge in [0.25, 0.3) is 0 Å². The van der Waals surface area contributed by atoms with Crippen LogP contribution >= 0.6 is 0 Å². The van der Waals surface area contributed by atoms with Gasteiger partial charge >= 0.3 is 0 Å². The molecule has 49 heavy (non-hydrogen) atoms. The Hall–Kier alpha value is -1.37. The molecule has 0 aromatic rings. The summed E-state index contributed by atoms with van der Waals surface area (Å²) in [5.74, 6) is -0.629. The molecule has 1 heterocycles. The zero-order valence-corrected chi connectivity index (χ0v) is 30.8. The summed E-state index contributed by atoms with van der Waals surface area (Å²) >= 11 is 0. The molecule has 10 nitrogen and oxygen atoms in total. The first-order valence-electron chi connectivity index (χ1n) is 19.7. The Morgan fingerprint density at radius 1 is 0.694 bits per heavy atom. The van der Waals surface area contributed by atoms with E-state index in [-0.39, 0.29) is 6.61 Å². The number of amides is 1. The van der Waals surface area contributed by atoms with Crippen molar-refractivity contribution in [3.05, 3.63) is 24.3 Å². The number of carbonyl (C=O) groups is 1. The zero-order chi connectivity index (χ0) is 36.1. The van der Waals surface area contributed by atoms with E-state index in [4.69, 9.17) is 9.47 Å². The van der Waals surface area contributed by atoms with Gasteiger partial charge in [0.05, 0.1) is 25.4 Å². The molecule has 1 aliphatic rings. The van der Waals surface area contributed by atoms with Crippen molar-refractivity contribution in [2.45, 2.75) is 204 Å². The first-order chi connectivity index (χ1) is 23.8. The topological polar surface area (TPSA) is 169 Å². The molecule has 1 saturated heterocycles. The quantitative estimate of drug-likeness (QED) is 0.0352. The van der Waals surface area contributed by atoms with Gasteiger partial charge in [-0.25, -0.2) is 0 Å². The number of ether oxygens (including phenoxy) is 2. The molecule has 1 rings (SSSR count). The van der Waals surface area contributed by atoms with E-state index in [0.717, 1.165) is 32.1 Å². The predicted octanol–water partition coefficient (Wildman–Crippen LogP) is 5.74. The molecule has 0 aromatic carbocycles. The van der Waals surface area contributed by atoms with Crippen molar-refractivity contribution >= 4 is 5.91 Å². The minimum Gasteiger partial charge on any atom is -0.394 e. The van der Waals surface area contributed by atoms with Gasteiger partial charge in [-0.15, -0.1) is 0 Å². The summed E-state index contributed by atoms with van der Waals surface area (Å²) in [5.41, 5.74) is 0. The molecule has 0 saturated carbocycles. The highest BCUT2D eigenvalue weighted by Crippen LogP contribution is 2.22. The van der Waals surface area contributed by atoms with Crippen LogP contribution in [-0.4, -0.2) is 98.7 Å². The number of aliphatic hydroxyl groups is 6. The molecule has 8 unspecified atom stereocenters. The molecule has 0 radical (unpaired) electrons. The van der Waals surface area contributed by atoms with Crippen LogP contribution < -0.4 is 5.32 Å². The van der Waals surface area contributed by atoms with Crippen molar-refractivity contribution in [3.63, 3.8) is 0 Å². The molecule has 1 aliphatic heterocycles. The molecule has 10 heteroatoms. The van der Waals surface area contributed by atoms with Crippen molar-refractivity contribution < 1.29 is 44.9 Å². The van der Waals surface area contributed by atoms with Gasteiger partial charge < -0.3 is 45.4 Å². The fourth-order valence-corrected chi connectivity index (χ4v) is 6.06. The Morgan fingerprint density at radius 3 is 1.78 bits per heavy atom. The standard InChI is InChI=1S/C39H73NO9/c1-3-5-7-9-11-13-15-16-18-19-21-23-25-27-32(42)31(30-48-39-37(46)36(45)35(44)34(29-41)49-39)40-38(47)33(43)28-26-24-22-20-17-14-12-10-8-6-4-2/h18-19,25,27,31-37,39,41-46H,3-17,20-24,26,28-30H2,1-2H3,(H,40,47)/b19-18+,27-25+. The van der Waals surface area contributed by atoms with Gasteiger partial charge in [-0.2, -0.15) is 0 Å². The van der Waals surface area contributed by atoms with Gasteiger partial charge in [0.15, 0.2) is 6.29 Å². The second-order valence-corrected chi connectivity index (χ2v) is 13.9. The lowest BCUT2D eigenvalue weighted by Gasteiger charge is -2.40. The van der Waals surface area contributed by atoms with Crippen molar-refractivity contribution in [1.29, 1.82) is 0 Å². The summed E-state index contributed by atoms with van der Waals surface area (Å²) in [6.07, 6.45) is 22.7. The lowest BCUT2D eigenvalue weighted by atomic mass is 9.99. The van der Waals surface area contributed by atoms with E-state index >= 15 is 0 Å². The smallest absolute Gasteiger partial charge is 0.249 e. The van der Waals surface area contributed by atoms with Crippen molar-refractivity contribution in [2.75, 3.05) is 13.2 Å². The second kappa shape index (κ2) is 30.3. The molecule has 0 bridgehead atoms. The Morgan fingerprint density at radius 2 is 1.20 bits per heavy atom. The Balaban J connectivity index is 2.56. The third-order valence-corrected chi connectivity index (χ3v) is 9.39. The maximum absolute atomic E-state index is 12.9. The molecular formula is C39H73NO9. The van der Waals surface area contributed by atoms with E-state index < -0.39 is 61.5 Å². The average molecular weight is 700 g/mol. The van der Waals surface area contributed by atoms with Crippen LogP contribution in [0.2, 0.25) is 0 Å². The molecular weight excluding hydrogens is 626 g/mol. The predicted molar refractivity (Wildman–Crippen MR) is 195 cm³/mol. The number of allylic oxidation sites excluding steroid dienone is 3. The number of unbranched alkanes of at least 4 members (excludes halogenated alkanes) is 18. The summed E-state index contributed by atoms with van der Waals surface area (Å²) < 4.78 is 11.1. The van der Waals surface area contributed by atoms with E-state index in [1.54, 1.807) is 6.08 Å². The van der Waals surface area contributed by atoms with Gasteiger partial charge in [-0.1, -0.05) is 147 Å². The number of carbonyl (C=O) groups excluding carboxylic acids is 1. The lowest BCUT2D eigenvalue weighted by molar-refractivity contribution is -0.302. The highest BCUT2D eigenvalue weighted by atomic mass is 16.7. The van der Waals surface area contributed by atoms with Crippen LogP contribution in [0.5, 0.6) is 0 Å². The van der Waals surface area contributed by atoms with Crippen LogP contribution in [0.15, 0.2) is 24.3 Å². The van der Waals surface area contributed by atoms with Crippen LogP contribution in [0, 0.1) is 0 Å². The summed E-state index contributed by atoms with van der Waals surface area (Å²) in [6, 6.07) is -0.990. The first kappa shape index (κ1) is 45.7. The van der Waals surface area contributed by atoms with E-state index in [9.17, 15) is 35.4 Å².